The summed E-state index contributed by atoms with van der Waals surface area (Å²) in [6.45, 7) is 4.56. The fourth-order valence-electron chi connectivity index (χ4n) is 3.12. The summed E-state index contributed by atoms with van der Waals surface area (Å²) in [4.78, 5) is 14.7. The third-order valence-electron chi connectivity index (χ3n) is 4.65. The van der Waals surface area contributed by atoms with Gasteiger partial charge in [0.25, 0.3) is 5.56 Å². The molecule has 6 heteroatoms. The monoisotopic (exact) mass is 354 g/mol. The molecule has 0 amide bonds. The van der Waals surface area contributed by atoms with E-state index in [1.807, 2.05) is 6.20 Å². The molecule has 1 saturated heterocycles. The predicted molar refractivity (Wildman–Crippen MR) is 87.5 cm³/mol. The molecule has 116 valence electrons. The molecule has 1 aliphatic carbocycles. The molecule has 1 aliphatic heterocycles. The Kier molecular flexibility index (Phi) is 4.36. The highest BCUT2D eigenvalue weighted by molar-refractivity contribution is 9.10. The van der Waals surface area contributed by atoms with E-state index < -0.39 is 0 Å². The smallest absolute Gasteiger partial charge is 0.283 e. The van der Waals surface area contributed by atoms with Crippen LogP contribution in [0.3, 0.4) is 0 Å². The lowest BCUT2D eigenvalue weighted by Crippen LogP contribution is -2.47. The summed E-state index contributed by atoms with van der Waals surface area (Å²) in [5.41, 5.74) is 6.80. The Morgan fingerprint density at radius 3 is 2.86 bits per heavy atom. The molecule has 0 spiro atoms. The average molecular weight is 355 g/mol. The van der Waals surface area contributed by atoms with Crippen LogP contribution in [0.15, 0.2) is 15.5 Å². The van der Waals surface area contributed by atoms with Crippen molar-refractivity contribution in [1.82, 2.24) is 9.78 Å². The fraction of sp³-hybridized carbons (Fsp3) is 0.733. The standard InChI is InChI=1S/C15H23BrN4O/c1-10-4-5-19(12(6-10)7-17)13-8-18-20(9-11-2-3-11)15(21)14(13)16/h8,10-12H,2-7,9,17H2,1H3. The summed E-state index contributed by atoms with van der Waals surface area (Å²) in [5, 5.41) is 4.37. The Bertz CT molecular complexity index is 569. The van der Waals surface area contributed by atoms with Crippen LogP contribution in [0.4, 0.5) is 5.69 Å². The summed E-state index contributed by atoms with van der Waals surface area (Å²) in [5.74, 6) is 1.33. The maximum absolute atomic E-state index is 12.5. The van der Waals surface area contributed by atoms with Gasteiger partial charge in [-0.2, -0.15) is 5.10 Å². The summed E-state index contributed by atoms with van der Waals surface area (Å²) in [6.07, 6.45) is 6.47. The molecule has 2 atom stereocenters. The van der Waals surface area contributed by atoms with Crippen LogP contribution in [-0.4, -0.2) is 28.9 Å². The molecule has 5 nitrogen and oxygen atoms in total. The molecule has 2 aliphatic rings. The van der Waals surface area contributed by atoms with Crippen LogP contribution >= 0.6 is 15.9 Å². The van der Waals surface area contributed by atoms with Crippen LogP contribution in [-0.2, 0) is 6.54 Å². The fourth-order valence-corrected chi connectivity index (χ4v) is 3.66. The number of hydrogen-bond acceptors (Lipinski definition) is 4. The van der Waals surface area contributed by atoms with Crippen molar-refractivity contribution in [2.75, 3.05) is 18.0 Å². The number of nitrogens with two attached hydrogens (primary N) is 1. The van der Waals surface area contributed by atoms with Crippen LogP contribution in [0.2, 0.25) is 0 Å². The molecule has 2 heterocycles. The second-order valence-electron chi connectivity index (χ2n) is 6.49. The number of aromatic nitrogens is 2. The van der Waals surface area contributed by atoms with Gasteiger partial charge in [-0.3, -0.25) is 4.79 Å². The summed E-state index contributed by atoms with van der Waals surface area (Å²) >= 11 is 3.49. The lowest BCUT2D eigenvalue weighted by molar-refractivity contribution is 0.365. The van der Waals surface area contributed by atoms with Crippen molar-refractivity contribution < 1.29 is 0 Å². The normalized spacial score (nSPS) is 26.1. The maximum atomic E-state index is 12.5. The molecule has 2 unspecified atom stereocenters. The third kappa shape index (κ3) is 3.16. The van der Waals surface area contributed by atoms with E-state index >= 15 is 0 Å². The summed E-state index contributed by atoms with van der Waals surface area (Å²) < 4.78 is 2.22. The highest BCUT2D eigenvalue weighted by Crippen LogP contribution is 2.32. The zero-order valence-corrected chi connectivity index (χ0v) is 14.1. The molecule has 0 aromatic carbocycles. The second kappa shape index (κ2) is 6.08. The van der Waals surface area contributed by atoms with Crippen LogP contribution in [0.25, 0.3) is 0 Å². The molecule has 1 aromatic heterocycles. The number of hydrogen-bond donors (Lipinski definition) is 1. The molecule has 0 bridgehead atoms. The Balaban J connectivity index is 1.87. The second-order valence-corrected chi connectivity index (χ2v) is 7.28. The van der Waals surface area contributed by atoms with E-state index in [1.54, 1.807) is 4.68 Å². The zero-order chi connectivity index (χ0) is 15.0. The van der Waals surface area contributed by atoms with E-state index in [0.717, 1.165) is 31.6 Å². The molecule has 21 heavy (non-hydrogen) atoms. The van der Waals surface area contributed by atoms with E-state index in [2.05, 4.69) is 32.9 Å². The first-order chi connectivity index (χ1) is 10.1. The van der Waals surface area contributed by atoms with Crippen LogP contribution < -0.4 is 16.2 Å². The molecule has 2 N–H and O–H groups in total. The van der Waals surface area contributed by atoms with E-state index in [9.17, 15) is 4.79 Å². The van der Waals surface area contributed by atoms with Gasteiger partial charge in [0.15, 0.2) is 0 Å². The average Bonchev–Trinajstić information content (AvgIpc) is 3.29. The molecule has 0 radical (unpaired) electrons. The zero-order valence-electron chi connectivity index (χ0n) is 12.5. The number of nitrogens with zero attached hydrogens (tertiary/aromatic N) is 3. The Hall–Kier alpha value is -0.880. The number of rotatable bonds is 4. The van der Waals surface area contributed by atoms with Gasteiger partial charge in [0, 0.05) is 25.7 Å². The van der Waals surface area contributed by atoms with Gasteiger partial charge in [0.05, 0.1) is 11.9 Å². The van der Waals surface area contributed by atoms with Gasteiger partial charge < -0.3 is 10.6 Å². The van der Waals surface area contributed by atoms with E-state index in [1.165, 1.54) is 12.8 Å². The van der Waals surface area contributed by atoms with Gasteiger partial charge in [-0.25, -0.2) is 4.68 Å². The quantitative estimate of drug-likeness (QED) is 0.897. The number of anilines is 1. The SMILES string of the molecule is CC1CCN(c2cnn(CC3CC3)c(=O)c2Br)C(CN)C1. The molecule has 1 aromatic rings. The van der Waals surface area contributed by atoms with Gasteiger partial charge in [0.2, 0.25) is 0 Å². The van der Waals surface area contributed by atoms with Crippen LogP contribution in [0.1, 0.15) is 32.6 Å². The number of piperidine rings is 1. The van der Waals surface area contributed by atoms with Crippen molar-refractivity contribution in [3.8, 4) is 0 Å². The lowest BCUT2D eigenvalue weighted by atomic mass is 9.92. The molecule has 2 fully saturated rings. The highest BCUT2D eigenvalue weighted by Gasteiger charge is 2.29. The molecular formula is C15H23BrN4O. The largest absolute Gasteiger partial charge is 0.365 e. The third-order valence-corrected chi connectivity index (χ3v) is 5.40. The minimum atomic E-state index is -0.0196. The van der Waals surface area contributed by atoms with Gasteiger partial charge >= 0.3 is 0 Å². The van der Waals surface area contributed by atoms with Crippen molar-refractivity contribution in [3.63, 3.8) is 0 Å². The van der Waals surface area contributed by atoms with Gasteiger partial charge in [-0.15, -0.1) is 0 Å². The first kappa shape index (κ1) is 15.0. The van der Waals surface area contributed by atoms with Crippen molar-refractivity contribution in [3.05, 3.63) is 21.0 Å². The maximum Gasteiger partial charge on any atom is 0.283 e. The Labute approximate surface area is 133 Å². The van der Waals surface area contributed by atoms with E-state index in [4.69, 9.17) is 5.73 Å². The van der Waals surface area contributed by atoms with Crippen molar-refractivity contribution in [1.29, 1.82) is 0 Å². The van der Waals surface area contributed by atoms with Crippen molar-refractivity contribution in [2.24, 2.45) is 17.6 Å². The lowest BCUT2D eigenvalue weighted by Gasteiger charge is -2.39. The van der Waals surface area contributed by atoms with Crippen LogP contribution in [0, 0.1) is 11.8 Å². The van der Waals surface area contributed by atoms with E-state index in [0.29, 0.717) is 28.9 Å². The first-order valence-corrected chi connectivity index (χ1v) is 8.61. The highest BCUT2D eigenvalue weighted by atomic mass is 79.9. The molecular weight excluding hydrogens is 332 g/mol. The predicted octanol–water partition coefficient (Wildman–Crippen LogP) is 1.98. The van der Waals surface area contributed by atoms with Crippen molar-refractivity contribution >= 4 is 21.6 Å². The van der Waals surface area contributed by atoms with Gasteiger partial charge in [-0.1, -0.05) is 6.92 Å². The molecule has 1 saturated carbocycles. The summed E-state index contributed by atoms with van der Waals surface area (Å²) in [7, 11) is 0. The number of halogens is 1. The van der Waals surface area contributed by atoms with Gasteiger partial charge in [0.1, 0.15) is 4.47 Å². The van der Waals surface area contributed by atoms with E-state index in [-0.39, 0.29) is 5.56 Å². The Morgan fingerprint density at radius 1 is 1.43 bits per heavy atom. The van der Waals surface area contributed by atoms with Gasteiger partial charge in [-0.05, 0) is 53.4 Å². The summed E-state index contributed by atoms with van der Waals surface area (Å²) in [6, 6.07) is 0.297. The van der Waals surface area contributed by atoms with Crippen molar-refractivity contribution in [2.45, 2.75) is 45.2 Å². The Morgan fingerprint density at radius 2 is 2.19 bits per heavy atom. The minimum Gasteiger partial charge on any atom is -0.365 e. The molecule has 3 rings (SSSR count). The van der Waals surface area contributed by atoms with Crippen LogP contribution in [0.5, 0.6) is 0 Å². The topological polar surface area (TPSA) is 64.2 Å². The first-order valence-electron chi connectivity index (χ1n) is 7.82. The minimum absolute atomic E-state index is 0.0196.